The molecule has 0 saturated carbocycles. The minimum Gasteiger partial charge on any atom is -0.309 e. The Morgan fingerprint density at radius 3 is 2.60 bits per heavy atom. The largest absolute Gasteiger partial charge is 0.309 e. The maximum absolute atomic E-state index is 11.7. The highest BCUT2D eigenvalue weighted by Crippen LogP contribution is 2.17. The molecule has 2 aromatic rings. The number of pyridine rings is 1. The normalized spacial score (nSPS) is 10.9. The zero-order chi connectivity index (χ0) is 11.0. The van der Waals surface area contributed by atoms with Gasteiger partial charge in [0.25, 0.3) is 5.56 Å². The topological polar surface area (TPSA) is 22.0 Å². The van der Waals surface area contributed by atoms with Crippen molar-refractivity contribution in [2.75, 3.05) is 0 Å². The lowest BCUT2D eigenvalue weighted by molar-refractivity contribution is 0.758. The number of aryl methyl sites for hydroxylation is 3. The van der Waals surface area contributed by atoms with Gasteiger partial charge in [0.15, 0.2) is 0 Å². The van der Waals surface area contributed by atoms with Gasteiger partial charge in [-0.15, -0.1) is 0 Å². The molecular weight excluding hydrogens is 186 g/mol. The van der Waals surface area contributed by atoms with Crippen molar-refractivity contribution in [3.8, 4) is 0 Å². The molecule has 0 atom stereocenters. The van der Waals surface area contributed by atoms with Crippen LogP contribution >= 0.6 is 0 Å². The van der Waals surface area contributed by atoms with Crippen LogP contribution in [0.5, 0.6) is 0 Å². The smallest absolute Gasteiger partial charge is 0.251 e. The third-order valence-electron chi connectivity index (χ3n) is 2.79. The fourth-order valence-corrected chi connectivity index (χ4v) is 1.99. The van der Waals surface area contributed by atoms with Crippen molar-refractivity contribution in [1.82, 2.24) is 4.57 Å². The quantitative estimate of drug-likeness (QED) is 0.695. The van der Waals surface area contributed by atoms with Crippen LogP contribution in [0.1, 0.15) is 18.1 Å². The first-order chi connectivity index (χ1) is 7.13. The molecule has 0 amide bonds. The highest BCUT2D eigenvalue weighted by atomic mass is 16.1. The van der Waals surface area contributed by atoms with Crippen molar-refractivity contribution in [3.05, 3.63) is 45.7 Å². The first kappa shape index (κ1) is 9.97. The molecule has 1 aromatic carbocycles. The van der Waals surface area contributed by atoms with Gasteiger partial charge in [-0.2, -0.15) is 0 Å². The molecular formula is C13H15NO. The van der Waals surface area contributed by atoms with Gasteiger partial charge in [-0.1, -0.05) is 11.6 Å². The van der Waals surface area contributed by atoms with Crippen molar-refractivity contribution >= 4 is 10.9 Å². The van der Waals surface area contributed by atoms with Crippen LogP contribution in [0.3, 0.4) is 0 Å². The number of nitrogens with zero attached hydrogens (tertiary/aromatic N) is 1. The van der Waals surface area contributed by atoms with E-state index in [0.717, 1.165) is 17.6 Å². The van der Waals surface area contributed by atoms with Crippen LogP contribution in [0.15, 0.2) is 29.1 Å². The fraction of sp³-hybridized carbons (Fsp3) is 0.308. The van der Waals surface area contributed by atoms with Gasteiger partial charge in [-0.05, 0) is 38.5 Å². The Balaban J connectivity index is 2.96. The van der Waals surface area contributed by atoms with Crippen molar-refractivity contribution < 1.29 is 0 Å². The van der Waals surface area contributed by atoms with E-state index in [0.29, 0.717) is 0 Å². The zero-order valence-corrected chi connectivity index (χ0v) is 9.37. The van der Waals surface area contributed by atoms with Gasteiger partial charge in [0.05, 0.1) is 5.52 Å². The molecule has 0 radical (unpaired) electrons. The summed E-state index contributed by atoms with van der Waals surface area (Å²) in [6.07, 6.45) is 0. The maximum Gasteiger partial charge on any atom is 0.251 e. The van der Waals surface area contributed by atoms with E-state index < -0.39 is 0 Å². The number of fused-ring (bicyclic) bond motifs is 1. The second-order valence-corrected chi connectivity index (χ2v) is 3.93. The Kier molecular flexibility index (Phi) is 2.35. The molecule has 0 aliphatic rings. The molecule has 1 heterocycles. The number of rotatable bonds is 1. The molecule has 15 heavy (non-hydrogen) atoms. The van der Waals surface area contributed by atoms with Gasteiger partial charge in [0.2, 0.25) is 0 Å². The van der Waals surface area contributed by atoms with Gasteiger partial charge >= 0.3 is 0 Å². The molecule has 78 valence electrons. The predicted octanol–water partition coefficient (Wildman–Crippen LogP) is 2.64. The molecule has 2 rings (SSSR count). The van der Waals surface area contributed by atoms with Crippen LogP contribution in [0.2, 0.25) is 0 Å². The van der Waals surface area contributed by atoms with E-state index in [4.69, 9.17) is 0 Å². The monoisotopic (exact) mass is 201 g/mol. The fourth-order valence-electron chi connectivity index (χ4n) is 1.99. The van der Waals surface area contributed by atoms with Crippen LogP contribution in [-0.4, -0.2) is 4.57 Å². The lowest BCUT2D eigenvalue weighted by Crippen LogP contribution is -2.19. The number of aromatic nitrogens is 1. The first-order valence-electron chi connectivity index (χ1n) is 5.24. The van der Waals surface area contributed by atoms with Gasteiger partial charge < -0.3 is 4.57 Å². The minimum atomic E-state index is 0.0892. The summed E-state index contributed by atoms with van der Waals surface area (Å²) in [4.78, 5) is 11.7. The van der Waals surface area contributed by atoms with E-state index in [1.54, 1.807) is 6.07 Å². The first-order valence-corrected chi connectivity index (χ1v) is 5.24. The summed E-state index contributed by atoms with van der Waals surface area (Å²) in [7, 11) is 0. The maximum atomic E-state index is 11.7. The Morgan fingerprint density at radius 1 is 1.20 bits per heavy atom. The number of hydrogen-bond acceptors (Lipinski definition) is 1. The molecule has 0 spiro atoms. The second kappa shape index (κ2) is 3.54. The summed E-state index contributed by atoms with van der Waals surface area (Å²) in [6.45, 7) is 6.78. The van der Waals surface area contributed by atoms with E-state index in [9.17, 15) is 4.79 Å². The van der Waals surface area contributed by atoms with E-state index in [-0.39, 0.29) is 5.56 Å². The van der Waals surface area contributed by atoms with Crippen molar-refractivity contribution in [3.63, 3.8) is 0 Å². The summed E-state index contributed by atoms with van der Waals surface area (Å²) < 4.78 is 1.81. The minimum absolute atomic E-state index is 0.0892. The van der Waals surface area contributed by atoms with Crippen LogP contribution < -0.4 is 5.56 Å². The molecule has 0 unspecified atom stereocenters. The van der Waals surface area contributed by atoms with Crippen molar-refractivity contribution in [2.24, 2.45) is 0 Å². The van der Waals surface area contributed by atoms with Crippen LogP contribution in [-0.2, 0) is 6.54 Å². The number of benzene rings is 1. The Hall–Kier alpha value is -1.57. The molecule has 0 saturated heterocycles. The Bertz CT molecular complexity index is 566. The standard InChI is InChI=1S/C13H15NO/c1-4-14-12-6-5-9(2)7-11(12)10(3)8-13(14)15/h5-8H,4H2,1-3H3. The molecule has 1 aromatic heterocycles. The van der Waals surface area contributed by atoms with E-state index in [1.807, 2.05) is 30.5 Å². The van der Waals surface area contributed by atoms with Crippen LogP contribution in [0, 0.1) is 13.8 Å². The lowest BCUT2D eigenvalue weighted by Gasteiger charge is -2.10. The Morgan fingerprint density at radius 2 is 1.93 bits per heavy atom. The average molecular weight is 201 g/mol. The highest BCUT2D eigenvalue weighted by Gasteiger charge is 2.04. The summed E-state index contributed by atoms with van der Waals surface area (Å²) in [5, 5.41) is 1.18. The van der Waals surface area contributed by atoms with Gasteiger partial charge in [0.1, 0.15) is 0 Å². The van der Waals surface area contributed by atoms with Crippen molar-refractivity contribution in [1.29, 1.82) is 0 Å². The lowest BCUT2D eigenvalue weighted by atomic mass is 10.1. The highest BCUT2D eigenvalue weighted by molar-refractivity contribution is 5.83. The molecule has 0 aliphatic carbocycles. The molecule has 2 heteroatoms. The third-order valence-corrected chi connectivity index (χ3v) is 2.79. The van der Waals surface area contributed by atoms with Gasteiger partial charge in [0, 0.05) is 18.0 Å². The molecule has 0 bridgehead atoms. The molecule has 0 aliphatic heterocycles. The average Bonchev–Trinajstić information content (AvgIpc) is 2.19. The summed E-state index contributed by atoms with van der Waals surface area (Å²) in [5.41, 5.74) is 3.41. The molecule has 0 fully saturated rings. The van der Waals surface area contributed by atoms with Crippen LogP contribution in [0.4, 0.5) is 0 Å². The summed E-state index contributed by atoms with van der Waals surface area (Å²) in [5.74, 6) is 0. The van der Waals surface area contributed by atoms with E-state index in [2.05, 4.69) is 13.0 Å². The van der Waals surface area contributed by atoms with Crippen LogP contribution in [0.25, 0.3) is 10.9 Å². The summed E-state index contributed by atoms with van der Waals surface area (Å²) >= 11 is 0. The third kappa shape index (κ3) is 1.56. The molecule has 2 nitrogen and oxygen atoms in total. The summed E-state index contributed by atoms with van der Waals surface area (Å²) in [6, 6.07) is 7.93. The van der Waals surface area contributed by atoms with Gasteiger partial charge in [-0.3, -0.25) is 4.79 Å². The number of hydrogen-bond donors (Lipinski definition) is 0. The SMILES string of the molecule is CCn1c(=O)cc(C)c2cc(C)ccc21. The second-order valence-electron chi connectivity index (χ2n) is 3.93. The van der Waals surface area contributed by atoms with E-state index >= 15 is 0 Å². The zero-order valence-electron chi connectivity index (χ0n) is 9.37. The molecule has 0 N–H and O–H groups in total. The van der Waals surface area contributed by atoms with Crippen molar-refractivity contribution in [2.45, 2.75) is 27.3 Å². The van der Waals surface area contributed by atoms with Gasteiger partial charge in [-0.25, -0.2) is 0 Å². The van der Waals surface area contributed by atoms with E-state index in [1.165, 1.54) is 10.9 Å². The Labute approximate surface area is 89.2 Å². The predicted molar refractivity (Wildman–Crippen MR) is 63.4 cm³/mol.